The predicted octanol–water partition coefficient (Wildman–Crippen LogP) is 5.20. The largest absolute Gasteiger partial charge is 0.378 e. The number of anilines is 4. The zero-order chi connectivity index (χ0) is 26.5. The maximum atomic E-state index is 12.5. The van der Waals surface area contributed by atoms with Crippen LogP contribution >= 0.6 is 0 Å². The first-order chi connectivity index (χ1) is 17.7. The number of hydrogen-bond acceptors (Lipinski definition) is 5. The van der Waals surface area contributed by atoms with Crippen LogP contribution in [0.1, 0.15) is 38.8 Å². The number of benzene rings is 3. The highest BCUT2D eigenvalue weighted by atomic mass is 16.5. The van der Waals surface area contributed by atoms with Crippen molar-refractivity contribution in [1.29, 1.82) is 0 Å². The van der Waals surface area contributed by atoms with Crippen LogP contribution in [0.5, 0.6) is 0 Å². The number of fused-ring (bicyclic) bond motifs is 1. The molecule has 4 rings (SSSR count). The molecule has 3 aromatic carbocycles. The van der Waals surface area contributed by atoms with Crippen LogP contribution in [0.4, 0.5) is 22.7 Å². The molecule has 0 saturated carbocycles. The van der Waals surface area contributed by atoms with Crippen molar-refractivity contribution in [3.05, 3.63) is 72.3 Å². The van der Waals surface area contributed by atoms with E-state index in [0.29, 0.717) is 5.69 Å². The molecule has 8 heteroatoms. The Hall–Kier alpha value is -4.17. The van der Waals surface area contributed by atoms with Crippen LogP contribution in [-0.4, -0.2) is 37.5 Å². The summed E-state index contributed by atoms with van der Waals surface area (Å²) in [6.45, 7) is 5.13. The first-order valence-corrected chi connectivity index (χ1v) is 12.2. The number of hydrogen-bond donors (Lipinski definition) is 3. The van der Waals surface area contributed by atoms with Gasteiger partial charge in [-0.25, -0.2) is 0 Å². The minimum Gasteiger partial charge on any atom is -0.378 e. The lowest BCUT2D eigenvalue weighted by atomic mass is 9.88. The lowest BCUT2D eigenvalue weighted by molar-refractivity contribution is -0.119. The summed E-state index contributed by atoms with van der Waals surface area (Å²) in [5.41, 5.74) is 6.19. The second-order valence-electron chi connectivity index (χ2n) is 9.26. The van der Waals surface area contributed by atoms with Gasteiger partial charge in [0.2, 0.25) is 17.7 Å². The van der Waals surface area contributed by atoms with E-state index in [1.165, 1.54) is 14.0 Å². The fraction of sp³-hybridized carbons (Fsp3) is 0.276. The van der Waals surface area contributed by atoms with E-state index in [1.54, 1.807) is 6.92 Å². The number of ether oxygens (including phenoxy) is 1. The molecule has 1 heterocycles. The molecule has 0 unspecified atom stereocenters. The van der Waals surface area contributed by atoms with Crippen LogP contribution in [0.2, 0.25) is 0 Å². The molecule has 37 heavy (non-hydrogen) atoms. The molecule has 0 spiro atoms. The summed E-state index contributed by atoms with van der Waals surface area (Å²) in [6.07, 6.45) is 0.730. The van der Waals surface area contributed by atoms with Gasteiger partial charge in [-0.15, -0.1) is 0 Å². The lowest BCUT2D eigenvalue weighted by Crippen LogP contribution is -2.43. The quantitative estimate of drug-likeness (QED) is 0.414. The Balaban J connectivity index is 1.65. The van der Waals surface area contributed by atoms with Crippen LogP contribution in [0.15, 0.2) is 66.7 Å². The molecule has 0 aliphatic carbocycles. The van der Waals surface area contributed by atoms with Crippen LogP contribution in [0.3, 0.4) is 0 Å². The minimum atomic E-state index is -0.210. The first-order valence-electron chi connectivity index (χ1n) is 12.2. The lowest BCUT2D eigenvalue weighted by Gasteiger charge is -2.39. The summed E-state index contributed by atoms with van der Waals surface area (Å²) in [7, 11) is 1.48. The van der Waals surface area contributed by atoms with Gasteiger partial charge in [0.15, 0.2) is 0 Å². The monoisotopic (exact) mass is 500 g/mol. The van der Waals surface area contributed by atoms with E-state index in [1.807, 2.05) is 65.6 Å². The van der Waals surface area contributed by atoms with Crippen LogP contribution < -0.4 is 20.9 Å². The Kier molecular flexibility index (Phi) is 7.89. The van der Waals surface area contributed by atoms with Gasteiger partial charge in [-0.2, -0.15) is 0 Å². The highest BCUT2D eigenvalue weighted by molar-refractivity contribution is 5.95. The highest BCUT2D eigenvalue weighted by Gasteiger charge is 2.32. The van der Waals surface area contributed by atoms with Gasteiger partial charge in [0.05, 0.1) is 6.04 Å². The number of rotatable bonds is 7. The second kappa shape index (κ2) is 11.3. The van der Waals surface area contributed by atoms with E-state index in [0.717, 1.165) is 40.2 Å². The maximum Gasteiger partial charge on any atom is 0.250 e. The Morgan fingerprint density at radius 1 is 0.892 bits per heavy atom. The molecule has 0 fully saturated rings. The fourth-order valence-electron chi connectivity index (χ4n) is 4.82. The van der Waals surface area contributed by atoms with Gasteiger partial charge in [0, 0.05) is 49.7 Å². The Morgan fingerprint density at radius 2 is 1.59 bits per heavy atom. The van der Waals surface area contributed by atoms with E-state index in [4.69, 9.17) is 4.74 Å². The molecular weight excluding hydrogens is 468 g/mol. The summed E-state index contributed by atoms with van der Waals surface area (Å²) in [5, 5.41) is 9.24. The van der Waals surface area contributed by atoms with E-state index < -0.39 is 0 Å². The van der Waals surface area contributed by atoms with E-state index in [-0.39, 0.29) is 36.4 Å². The third kappa shape index (κ3) is 6.16. The number of carbonyl (C=O) groups is 3. The molecule has 0 radical (unpaired) electrons. The number of carbonyl (C=O) groups excluding carboxylic acids is 3. The number of nitrogens with zero attached hydrogens (tertiary/aromatic N) is 1. The van der Waals surface area contributed by atoms with Gasteiger partial charge >= 0.3 is 0 Å². The third-order valence-electron chi connectivity index (χ3n) is 6.32. The van der Waals surface area contributed by atoms with Crippen molar-refractivity contribution in [2.24, 2.45) is 0 Å². The molecular formula is C29H32N4O4. The average Bonchev–Trinajstić information content (AvgIpc) is 2.84. The zero-order valence-electron chi connectivity index (χ0n) is 21.5. The standard InChI is InChI=1S/C29H32N4O4/c1-18-14-27(31-23-9-11-24(12-10-23)32-29(36)17-37-4)26-16-22(8-13-28(26)33(18)20(3)35)21-6-5-7-25(15-21)30-19(2)34/h5-13,15-16,18,27,31H,14,17H2,1-4H3,(H,30,34)(H,32,36)/t18-,27+/m0/s1. The summed E-state index contributed by atoms with van der Waals surface area (Å²) in [5.74, 6) is -0.330. The Morgan fingerprint density at radius 3 is 2.27 bits per heavy atom. The molecule has 8 nitrogen and oxygen atoms in total. The maximum absolute atomic E-state index is 12.5. The molecule has 0 bridgehead atoms. The molecule has 3 aromatic rings. The van der Waals surface area contributed by atoms with Crippen LogP contribution in [0.25, 0.3) is 11.1 Å². The highest BCUT2D eigenvalue weighted by Crippen LogP contribution is 2.41. The normalized spacial score (nSPS) is 16.5. The van der Waals surface area contributed by atoms with Crippen molar-refractivity contribution in [3.8, 4) is 11.1 Å². The molecule has 1 aliphatic rings. The van der Waals surface area contributed by atoms with Crippen LogP contribution in [-0.2, 0) is 19.1 Å². The Labute approximate surface area is 217 Å². The van der Waals surface area contributed by atoms with Gasteiger partial charge in [0.1, 0.15) is 6.61 Å². The molecule has 1 aliphatic heterocycles. The summed E-state index contributed by atoms with van der Waals surface area (Å²) >= 11 is 0. The van der Waals surface area contributed by atoms with Gasteiger partial charge in [0.25, 0.3) is 0 Å². The van der Waals surface area contributed by atoms with Gasteiger partial charge in [-0.3, -0.25) is 14.4 Å². The number of amides is 3. The predicted molar refractivity (Wildman–Crippen MR) is 147 cm³/mol. The van der Waals surface area contributed by atoms with Crippen molar-refractivity contribution in [1.82, 2.24) is 0 Å². The topological polar surface area (TPSA) is 99.8 Å². The molecule has 3 amide bonds. The third-order valence-corrected chi connectivity index (χ3v) is 6.32. The average molecular weight is 501 g/mol. The van der Waals surface area contributed by atoms with E-state index in [2.05, 4.69) is 28.9 Å². The van der Waals surface area contributed by atoms with Gasteiger partial charge in [-0.05, 0) is 78.6 Å². The Bertz CT molecular complexity index is 1310. The van der Waals surface area contributed by atoms with Crippen molar-refractivity contribution in [2.45, 2.75) is 39.3 Å². The summed E-state index contributed by atoms with van der Waals surface area (Å²) in [6, 6.07) is 21.3. The van der Waals surface area contributed by atoms with Gasteiger partial charge in [-0.1, -0.05) is 18.2 Å². The molecule has 3 N–H and O–H groups in total. The second-order valence-corrected chi connectivity index (χ2v) is 9.26. The van der Waals surface area contributed by atoms with E-state index in [9.17, 15) is 14.4 Å². The zero-order valence-corrected chi connectivity index (χ0v) is 21.5. The molecule has 192 valence electrons. The summed E-state index contributed by atoms with van der Waals surface area (Å²) in [4.78, 5) is 37.7. The summed E-state index contributed by atoms with van der Waals surface area (Å²) < 4.78 is 4.86. The SMILES string of the molecule is COCC(=O)Nc1ccc(N[C@@H]2C[C@H](C)N(C(C)=O)c3ccc(-c4cccc(NC(C)=O)c4)cc32)cc1. The molecule has 0 aromatic heterocycles. The van der Waals surface area contributed by atoms with E-state index >= 15 is 0 Å². The number of methoxy groups -OCH3 is 1. The van der Waals surface area contributed by atoms with Crippen LogP contribution in [0, 0.1) is 0 Å². The fourth-order valence-corrected chi connectivity index (χ4v) is 4.82. The molecule has 0 saturated heterocycles. The minimum absolute atomic E-state index is 0.000543. The smallest absolute Gasteiger partial charge is 0.250 e. The van der Waals surface area contributed by atoms with Gasteiger partial charge < -0.3 is 25.6 Å². The van der Waals surface area contributed by atoms with Crippen molar-refractivity contribution >= 4 is 40.5 Å². The van der Waals surface area contributed by atoms with Crippen molar-refractivity contribution < 1.29 is 19.1 Å². The molecule has 2 atom stereocenters. The van der Waals surface area contributed by atoms with Crippen molar-refractivity contribution in [3.63, 3.8) is 0 Å². The van der Waals surface area contributed by atoms with Crippen molar-refractivity contribution in [2.75, 3.05) is 34.6 Å². The first kappa shape index (κ1) is 25.9. The number of nitrogens with one attached hydrogen (secondary N) is 3.